The second-order valence-corrected chi connectivity index (χ2v) is 14.0. The van der Waals surface area contributed by atoms with E-state index in [2.05, 4.69) is 0 Å². The van der Waals surface area contributed by atoms with Crippen molar-refractivity contribution in [2.75, 3.05) is 0 Å². The lowest BCUT2D eigenvalue weighted by Crippen LogP contribution is -2.29. The van der Waals surface area contributed by atoms with Crippen LogP contribution in [-0.4, -0.2) is 33.4 Å². The standard InChI is InChI=1S/C39H33NO8S/c1-22-12-26-18-29-15-23(10-11-35-40(2)33-8-3-4-9-34(33)48-35)14-28(38(29)43)16-24-6-5-7-25(36(24)41)17-30-20-32(49(45,46)47)21-31(39(30)44)19-27(13-22)37(26)42/h3-15,20-21H,16-19H2,1-2H3,(H4,41,42,44,45,46,47)/p+1. The Labute approximate surface area is 283 Å². The first-order valence-corrected chi connectivity index (χ1v) is 17.1. The molecule has 9 nitrogen and oxygen atoms in total. The number of para-hydroxylation sites is 3. The molecule has 0 unspecified atom stereocenters. The van der Waals surface area contributed by atoms with Gasteiger partial charge in [0, 0.05) is 42.9 Å². The molecule has 248 valence electrons. The van der Waals surface area contributed by atoms with Gasteiger partial charge in [-0.2, -0.15) is 13.0 Å². The maximum absolute atomic E-state index is 12.3. The minimum absolute atomic E-state index is 0.0338. The van der Waals surface area contributed by atoms with Gasteiger partial charge in [0.2, 0.25) is 5.58 Å². The fourth-order valence-corrected chi connectivity index (χ4v) is 7.27. The van der Waals surface area contributed by atoms with Gasteiger partial charge in [-0.1, -0.05) is 48.0 Å². The van der Waals surface area contributed by atoms with Gasteiger partial charge in [0.1, 0.15) is 30.0 Å². The molecule has 8 bridgehead atoms. The highest BCUT2D eigenvalue weighted by Crippen LogP contribution is 2.39. The third-order valence-electron chi connectivity index (χ3n) is 9.16. The number of aromatic hydroxyl groups is 4. The Morgan fingerprint density at radius 3 is 1.63 bits per heavy atom. The van der Waals surface area contributed by atoms with E-state index in [4.69, 9.17) is 4.42 Å². The van der Waals surface area contributed by atoms with Crippen LogP contribution in [0.25, 0.3) is 23.3 Å². The highest BCUT2D eigenvalue weighted by atomic mass is 32.2. The van der Waals surface area contributed by atoms with Crippen molar-refractivity contribution >= 4 is 33.4 Å². The zero-order valence-electron chi connectivity index (χ0n) is 26.8. The van der Waals surface area contributed by atoms with E-state index >= 15 is 0 Å². The van der Waals surface area contributed by atoms with Crippen LogP contribution in [0.4, 0.5) is 0 Å². The molecule has 49 heavy (non-hydrogen) atoms. The number of aryl methyl sites for hydroxylation is 2. The monoisotopic (exact) mass is 676 g/mol. The molecular formula is C39H34NO8S+. The summed E-state index contributed by atoms with van der Waals surface area (Å²) in [4.78, 5) is -0.406. The van der Waals surface area contributed by atoms with E-state index in [1.165, 1.54) is 12.1 Å². The number of oxazole rings is 1. The summed E-state index contributed by atoms with van der Waals surface area (Å²) in [5.74, 6) is 0.328. The highest BCUT2D eigenvalue weighted by molar-refractivity contribution is 7.85. The van der Waals surface area contributed by atoms with E-state index in [9.17, 15) is 33.4 Å². The van der Waals surface area contributed by atoms with Crippen LogP contribution in [0, 0.1) is 6.92 Å². The van der Waals surface area contributed by atoms with Crippen molar-refractivity contribution in [2.45, 2.75) is 37.5 Å². The topological polar surface area (TPSA) is 152 Å². The summed E-state index contributed by atoms with van der Waals surface area (Å²) < 4.78 is 42.5. The van der Waals surface area contributed by atoms with Gasteiger partial charge in [0.15, 0.2) is 0 Å². The molecule has 1 aliphatic rings. The number of phenolic OH excluding ortho intramolecular Hbond substituents is 4. The largest absolute Gasteiger partial charge is 0.507 e. The molecule has 5 aromatic carbocycles. The van der Waals surface area contributed by atoms with Gasteiger partial charge in [-0.3, -0.25) is 4.55 Å². The van der Waals surface area contributed by atoms with Crippen molar-refractivity contribution in [1.82, 2.24) is 0 Å². The molecule has 1 aliphatic carbocycles. The molecule has 0 atom stereocenters. The fraction of sp³-hybridized carbons (Fsp3) is 0.154. The second kappa shape index (κ2) is 12.1. The average Bonchev–Trinajstić information content (AvgIpc) is 3.38. The number of hydrogen-bond donors (Lipinski definition) is 5. The molecule has 1 heterocycles. The summed E-state index contributed by atoms with van der Waals surface area (Å²) in [5, 5.41) is 45.9. The van der Waals surface area contributed by atoms with Crippen LogP contribution in [0.15, 0.2) is 88.2 Å². The van der Waals surface area contributed by atoms with Gasteiger partial charge < -0.3 is 24.8 Å². The minimum Gasteiger partial charge on any atom is -0.507 e. The molecule has 0 saturated carbocycles. The number of aromatic nitrogens is 1. The molecule has 0 saturated heterocycles. The third kappa shape index (κ3) is 6.12. The van der Waals surface area contributed by atoms with Crippen molar-refractivity contribution in [2.24, 2.45) is 7.05 Å². The Hall–Kier alpha value is -5.58. The molecule has 1 aromatic heterocycles. The lowest BCUT2D eigenvalue weighted by atomic mass is 9.90. The lowest BCUT2D eigenvalue weighted by Gasteiger charge is -2.18. The van der Waals surface area contributed by atoms with Crippen molar-refractivity contribution in [3.63, 3.8) is 0 Å². The molecular weight excluding hydrogens is 642 g/mol. The maximum Gasteiger partial charge on any atom is 0.373 e. The van der Waals surface area contributed by atoms with E-state index in [0.29, 0.717) is 39.3 Å². The van der Waals surface area contributed by atoms with Gasteiger partial charge in [0.05, 0.1) is 11.0 Å². The number of fused-ring (bicyclic) bond motifs is 9. The highest BCUT2D eigenvalue weighted by Gasteiger charge is 2.23. The predicted molar refractivity (Wildman–Crippen MR) is 185 cm³/mol. The molecule has 7 rings (SSSR count). The van der Waals surface area contributed by atoms with E-state index in [0.717, 1.165) is 22.2 Å². The van der Waals surface area contributed by atoms with E-state index in [1.807, 2.05) is 73.2 Å². The van der Waals surface area contributed by atoms with Crippen LogP contribution in [0.5, 0.6) is 23.0 Å². The first-order chi connectivity index (χ1) is 23.4. The molecule has 5 N–H and O–H groups in total. The first-order valence-electron chi connectivity index (χ1n) is 15.7. The van der Waals surface area contributed by atoms with Crippen molar-refractivity contribution in [1.29, 1.82) is 0 Å². The zero-order chi connectivity index (χ0) is 34.6. The van der Waals surface area contributed by atoms with Crippen LogP contribution < -0.4 is 4.57 Å². The number of nitrogens with zero attached hydrogens (tertiary/aromatic N) is 1. The first kappa shape index (κ1) is 32.0. The number of hydrogen-bond acceptors (Lipinski definition) is 7. The van der Waals surface area contributed by atoms with Gasteiger partial charge in [-0.25, -0.2) is 0 Å². The van der Waals surface area contributed by atoms with E-state index in [1.54, 1.807) is 24.3 Å². The predicted octanol–water partition coefficient (Wildman–Crippen LogP) is 6.48. The van der Waals surface area contributed by atoms with Crippen LogP contribution in [0.3, 0.4) is 0 Å². The second-order valence-electron chi connectivity index (χ2n) is 12.6. The number of rotatable bonds is 3. The molecule has 0 spiro atoms. The summed E-state index contributed by atoms with van der Waals surface area (Å²) in [6, 6.07) is 22.5. The Bertz CT molecular complexity index is 2440. The third-order valence-corrected chi connectivity index (χ3v) is 9.99. The number of phenols is 4. The molecule has 0 aliphatic heterocycles. The zero-order valence-corrected chi connectivity index (χ0v) is 27.6. The lowest BCUT2D eigenvalue weighted by molar-refractivity contribution is -0.651. The molecule has 0 fully saturated rings. The van der Waals surface area contributed by atoms with Crippen molar-refractivity contribution in [3.8, 4) is 23.0 Å². The van der Waals surface area contributed by atoms with Gasteiger partial charge in [0.25, 0.3) is 15.6 Å². The van der Waals surface area contributed by atoms with Crippen LogP contribution in [0.2, 0.25) is 0 Å². The summed E-state index contributed by atoms with van der Waals surface area (Å²) in [5.41, 5.74) is 6.55. The quantitative estimate of drug-likeness (QED) is 0.105. The smallest absolute Gasteiger partial charge is 0.373 e. The molecule has 0 radical (unpaired) electrons. The van der Waals surface area contributed by atoms with Gasteiger partial charge in [-0.15, -0.1) is 0 Å². The Morgan fingerprint density at radius 1 is 0.633 bits per heavy atom. The van der Waals surface area contributed by atoms with Gasteiger partial charge in [-0.05, 0) is 82.3 Å². The summed E-state index contributed by atoms with van der Waals surface area (Å²) in [7, 11) is -2.73. The van der Waals surface area contributed by atoms with E-state index < -0.39 is 15.0 Å². The van der Waals surface area contributed by atoms with Gasteiger partial charge >= 0.3 is 5.89 Å². The van der Waals surface area contributed by atoms with Crippen LogP contribution in [-0.2, 0) is 42.8 Å². The van der Waals surface area contributed by atoms with E-state index in [-0.39, 0.29) is 59.8 Å². The Morgan fingerprint density at radius 2 is 1.10 bits per heavy atom. The number of benzene rings is 5. The molecule has 10 heteroatoms. The minimum atomic E-state index is -4.65. The Balaban J connectivity index is 1.41. The fourth-order valence-electron chi connectivity index (χ4n) is 6.69. The van der Waals surface area contributed by atoms with Crippen LogP contribution >= 0.6 is 0 Å². The summed E-state index contributed by atoms with van der Waals surface area (Å²) in [6.45, 7) is 1.86. The molecule has 6 aromatic rings. The van der Waals surface area contributed by atoms with Crippen LogP contribution in [0.1, 0.15) is 61.5 Å². The normalized spacial score (nSPS) is 13.3. The average molecular weight is 677 g/mol. The summed E-state index contributed by atoms with van der Waals surface area (Å²) in [6.07, 6.45) is 3.93. The molecule has 0 amide bonds. The van der Waals surface area contributed by atoms with Crippen molar-refractivity contribution < 1.29 is 42.4 Å². The SMILES string of the molecule is Cc1cc2c(O)c(c1)Cc1cc(S(=O)(=O)O)cc(c1O)Cc1cccc(c1O)Cc1cc(/C=C/c3oc4ccccc4[n+]3C)cc(c1O)C2. The summed E-state index contributed by atoms with van der Waals surface area (Å²) >= 11 is 0. The maximum atomic E-state index is 12.3. The van der Waals surface area contributed by atoms with Crippen molar-refractivity contribution in [3.05, 3.63) is 140 Å². The Kier molecular flexibility index (Phi) is 7.93.